The fourth-order valence-corrected chi connectivity index (χ4v) is 1.74. The molecule has 0 aliphatic carbocycles. The monoisotopic (exact) mass is 293 g/mol. The maximum Gasteiger partial charge on any atom is 0.407 e. The first-order chi connectivity index (χ1) is 9.76. The van der Waals surface area contributed by atoms with Gasteiger partial charge >= 0.3 is 6.09 Å². The summed E-state index contributed by atoms with van der Waals surface area (Å²) in [6, 6.07) is 4.14. The van der Waals surface area contributed by atoms with E-state index in [1.165, 1.54) is 0 Å². The Hall–Kier alpha value is -1.62. The van der Waals surface area contributed by atoms with Crippen molar-refractivity contribution in [2.24, 2.45) is 0 Å². The van der Waals surface area contributed by atoms with Crippen LogP contribution in [0.1, 0.15) is 45.4 Å². The number of nitrogens with zero attached hydrogens (tertiary/aromatic N) is 1. The van der Waals surface area contributed by atoms with E-state index in [2.05, 4.69) is 21.7 Å². The van der Waals surface area contributed by atoms with Gasteiger partial charge in [0.15, 0.2) is 0 Å². The number of alkyl carbamates (subject to hydrolysis) is 1. The van der Waals surface area contributed by atoms with Gasteiger partial charge in [-0.2, -0.15) is 0 Å². The number of carbonyl (C=O) groups excluding carboxylic acids is 1. The first-order valence-electron chi connectivity index (χ1n) is 7.38. The second-order valence-electron chi connectivity index (χ2n) is 6.32. The molecule has 1 unspecified atom stereocenters. The van der Waals surface area contributed by atoms with E-state index >= 15 is 0 Å². The van der Waals surface area contributed by atoms with Crippen LogP contribution in [0.2, 0.25) is 0 Å². The molecule has 1 aromatic heterocycles. The lowest BCUT2D eigenvalue weighted by Gasteiger charge is -2.22. The van der Waals surface area contributed by atoms with E-state index < -0.39 is 5.60 Å². The standard InChI is InChI=1S/C16H27N3O2/c1-12-6-7-14(11-18-12)10-17-9-8-13(2)19-15(20)21-16(3,4)5/h6-7,11,13,17H,8-10H2,1-5H3,(H,19,20). The molecule has 0 radical (unpaired) electrons. The highest BCUT2D eigenvalue weighted by atomic mass is 16.6. The highest BCUT2D eigenvalue weighted by Gasteiger charge is 2.17. The number of nitrogens with one attached hydrogen (secondary N) is 2. The zero-order chi connectivity index (χ0) is 15.9. The zero-order valence-corrected chi connectivity index (χ0v) is 13.7. The molecule has 118 valence electrons. The number of ether oxygens (including phenoxy) is 1. The van der Waals surface area contributed by atoms with Crippen molar-refractivity contribution in [3.63, 3.8) is 0 Å². The summed E-state index contributed by atoms with van der Waals surface area (Å²) in [5.41, 5.74) is 1.72. The molecule has 1 amide bonds. The van der Waals surface area contributed by atoms with Gasteiger partial charge in [0.25, 0.3) is 0 Å². The minimum atomic E-state index is -0.458. The van der Waals surface area contributed by atoms with E-state index in [1.807, 2.05) is 46.9 Å². The van der Waals surface area contributed by atoms with Crippen LogP contribution in [0.3, 0.4) is 0 Å². The summed E-state index contributed by atoms with van der Waals surface area (Å²) in [7, 11) is 0. The number of pyridine rings is 1. The molecule has 21 heavy (non-hydrogen) atoms. The lowest BCUT2D eigenvalue weighted by atomic mass is 10.2. The van der Waals surface area contributed by atoms with E-state index in [1.54, 1.807) is 0 Å². The molecule has 0 aliphatic heterocycles. The Bertz CT molecular complexity index is 438. The first kappa shape index (κ1) is 17.4. The van der Waals surface area contributed by atoms with Crippen LogP contribution in [-0.4, -0.2) is 29.3 Å². The Kier molecular flexibility index (Phi) is 6.62. The minimum absolute atomic E-state index is 0.0727. The van der Waals surface area contributed by atoms with Gasteiger partial charge in [-0.3, -0.25) is 4.98 Å². The van der Waals surface area contributed by atoms with Crippen LogP contribution in [0.25, 0.3) is 0 Å². The highest BCUT2D eigenvalue weighted by Crippen LogP contribution is 2.07. The van der Waals surface area contributed by atoms with Crippen molar-refractivity contribution >= 4 is 6.09 Å². The lowest BCUT2D eigenvalue weighted by Crippen LogP contribution is -2.38. The summed E-state index contributed by atoms with van der Waals surface area (Å²) in [4.78, 5) is 15.8. The molecule has 1 aromatic rings. The Balaban J connectivity index is 2.17. The minimum Gasteiger partial charge on any atom is -0.444 e. The Labute approximate surface area is 127 Å². The zero-order valence-electron chi connectivity index (χ0n) is 13.7. The fraction of sp³-hybridized carbons (Fsp3) is 0.625. The molecular weight excluding hydrogens is 266 g/mol. The van der Waals surface area contributed by atoms with Crippen molar-refractivity contribution in [3.05, 3.63) is 29.6 Å². The van der Waals surface area contributed by atoms with Crippen molar-refractivity contribution in [1.82, 2.24) is 15.6 Å². The van der Waals surface area contributed by atoms with Crippen LogP contribution in [0, 0.1) is 6.92 Å². The third-order valence-electron chi connectivity index (χ3n) is 2.82. The predicted octanol–water partition coefficient (Wildman–Crippen LogP) is 2.78. The van der Waals surface area contributed by atoms with Crippen molar-refractivity contribution in [2.45, 2.75) is 59.2 Å². The molecule has 0 bridgehead atoms. The van der Waals surface area contributed by atoms with E-state index in [0.29, 0.717) is 0 Å². The summed E-state index contributed by atoms with van der Waals surface area (Å²) in [5, 5.41) is 6.17. The average Bonchev–Trinajstić information content (AvgIpc) is 2.34. The molecule has 0 saturated heterocycles. The number of amides is 1. The molecule has 0 spiro atoms. The van der Waals surface area contributed by atoms with Gasteiger partial charge in [0.2, 0.25) is 0 Å². The number of hydrogen-bond acceptors (Lipinski definition) is 4. The molecule has 0 aromatic carbocycles. The quantitative estimate of drug-likeness (QED) is 0.792. The fourth-order valence-electron chi connectivity index (χ4n) is 1.74. The number of carbonyl (C=O) groups is 1. The van der Waals surface area contributed by atoms with Crippen LogP contribution < -0.4 is 10.6 Å². The topological polar surface area (TPSA) is 63.2 Å². The highest BCUT2D eigenvalue weighted by molar-refractivity contribution is 5.67. The molecule has 0 aliphatic rings. The largest absolute Gasteiger partial charge is 0.444 e. The SMILES string of the molecule is Cc1ccc(CNCCC(C)NC(=O)OC(C)(C)C)cn1. The van der Waals surface area contributed by atoms with Gasteiger partial charge in [0.1, 0.15) is 5.60 Å². The number of rotatable bonds is 6. The Morgan fingerprint density at radius 1 is 1.38 bits per heavy atom. The summed E-state index contributed by atoms with van der Waals surface area (Å²) in [6.45, 7) is 11.1. The van der Waals surface area contributed by atoms with Gasteiger partial charge in [-0.05, 0) is 59.2 Å². The van der Waals surface area contributed by atoms with Crippen molar-refractivity contribution < 1.29 is 9.53 Å². The summed E-state index contributed by atoms with van der Waals surface area (Å²) >= 11 is 0. The summed E-state index contributed by atoms with van der Waals surface area (Å²) < 4.78 is 5.22. The predicted molar refractivity (Wildman–Crippen MR) is 84.1 cm³/mol. The van der Waals surface area contributed by atoms with Gasteiger partial charge in [-0.1, -0.05) is 6.07 Å². The molecule has 5 nitrogen and oxygen atoms in total. The van der Waals surface area contributed by atoms with Gasteiger partial charge in [-0.15, -0.1) is 0 Å². The second kappa shape index (κ2) is 7.98. The number of aryl methyl sites for hydroxylation is 1. The van der Waals surface area contributed by atoms with Crippen molar-refractivity contribution in [3.8, 4) is 0 Å². The molecular formula is C16H27N3O2. The van der Waals surface area contributed by atoms with Crippen LogP contribution in [-0.2, 0) is 11.3 Å². The molecule has 1 heterocycles. The maximum absolute atomic E-state index is 11.6. The molecule has 0 saturated carbocycles. The van der Waals surface area contributed by atoms with E-state index in [-0.39, 0.29) is 12.1 Å². The van der Waals surface area contributed by atoms with Crippen LogP contribution in [0.15, 0.2) is 18.3 Å². The third kappa shape index (κ3) is 8.30. The first-order valence-corrected chi connectivity index (χ1v) is 7.38. The molecule has 5 heteroatoms. The van der Waals surface area contributed by atoms with Gasteiger partial charge in [0, 0.05) is 24.5 Å². The molecule has 2 N–H and O–H groups in total. The van der Waals surface area contributed by atoms with Crippen molar-refractivity contribution in [2.75, 3.05) is 6.54 Å². The van der Waals surface area contributed by atoms with E-state index in [4.69, 9.17) is 4.74 Å². The normalized spacial score (nSPS) is 12.8. The van der Waals surface area contributed by atoms with E-state index in [0.717, 1.165) is 30.8 Å². The summed E-state index contributed by atoms with van der Waals surface area (Å²) in [5.74, 6) is 0. The third-order valence-corrected chi connectivity index (χ3v) is 2.82. The average molecular weight is 293 g/mol. The summed E-state index contributed by atoms with van der Waals surface area (Å²) in [6.07, 6.45) is 2.36. The lowest BCUT2D eigenvalue weighted by molar-refractivity contribution is 0.0506. The van der Waals surface area contributed by atoms with Crippen molar-refractivity contribution in [1.29, 1.82) is 0 Å². The number of aromatic nitrogens is 1. The van der Waals surface area contributed by atoms with Crippen LogP contribution in [0.4, 0.5) is 4.79 Å². The maximum atomic E-state index is 11.6. The second-order valence-corrected chi connectivity index (χ2v) is 6.32. The van der Waals surface area contributed by atoms with Crippen LogP contribution >= 0.6 is 0 Å². The van der Waals surface area contributed by atoms with Gasteiger partial charge in [-0.25, -0.2) is 4.79 Å². The van der Waals surface area contributed by atoms with Gasteiger partial charge in [0.05, 0.1) is 0 Å². The Morgan fingerprint density at radius 3 is 2.67 bits per heavy atom. The van der Waals surface area contributed by atoms with E-state index in [9.17, 15) is 4.79 Å². The smallest absolute Gasteiger partial charge is 0.407 e. The molecule has 0 fully saturated rings. The Morgan fingerprint density at radius 2 is 2.10 bits per heavy atom. The molecule has 1 atom stereocenters. The van der Waals surface area contributed by atoms with Crippen LogP contribution in [0.5, 0.6) is 0 Å². The molecule has 1 rings (SSSR count). The number of hydrogen-bond donors (Lipinski definition) is 2. The van der Waals surface area contributed by atoms with Gasteiger partial charge < -0.3 is 15.4 Å².